The molecule has 190 valence electrons. The first kappa shape index (κ1) is 27.0. The second-order valence-electron chi connectivity index (χ2n) is 8.92. The van der Waals surface area contributed by atoms with E-state index >= 15 is 0 Å². The van der Waals surface area contributed by atoms with E-state index in [1.165, 1.54) is 38.3 Å². The Morgan fingerprint density at radius 1 is 1.19 bits per heavy atom. The Kier molecular flexibility index (Phi) is 8.60. The highest BCUT2D eigenvalue weighted by Gasteiger charge is 2.36. The minimum Gasteiger partial charge on any atom is -0.481 e. The summed E-state index contributed by atoms with van der Waals surface area (Å²) >= 11 is 6.01. The second kappa shape index (κ2) is 11.5. The van der Waals surface area contributed by atoms with Crippen LogP contribution in [0.15, 0.2) is 48.5 Å². The molecule has 8 nitrogen and oxygen atoms in total. The number of nitrogens with zero attached hydrogens (tertiary/aromatic N) is 1. The van der Waals surface area contributed by atoms with E-state index in [4.69, 9.17) is 16.3 Å². The third-order valence-corrected chi connectivity index (χ3v) is 6.11. The molecule has 1 aromatic heterocycles. The van der Waals surface area contributed by atoms with Gasteiger partial charge in [-0.25, -0.2) is 4.39 Å². The number of rotatable bonds is 11. The predicted molar refractivity (Wildman–Crippen MR) is 133 cm³/mol. The normalized spacial score (nSPS) is 13.6. The number of carboxylic acids is 1. The van der Waals surface area contributed by atoms with Gasteiger partial charge in [-0.1, -0.05) is 35.9 Å². The fourth-order valence-corrected chi connectivity index (χ4v) is 4.12. The summed E-state index contributed by atoms with van der Waals surface area (Å²) in [6, 6.07) is 12.1. The molecule has 0 aliphatic carbocycles. The number of methoxy groups -OCH3 is 1. The standard InChI is InChI=1S/C26H27ClFN3O5/c1-15(32)22-12-23(31-30-22)24(33)29-19(13-26(2,14-36-3)25(34)35)10-16-4-6-17(7-5-16)20-11-18(27)8-9-21(20)28/h4-9,11-12,19H,10,13-14H2,1-3H3,(H,29,33)(H,30,31)(H,34,35). The Morgan fingerprint density at radius 3 is 2.47 bits per heavy atom. The van der Waals surface area contributed by atoms with Crippen LogP contribution in [-0.4, -0.2) is 52.7 Å². The Balaban J connectivity index is 1.85. The maximum Gasteiger partial charge on any atom is 0.311 e. The number of hydrogen-bond acceptors (Lipinski definition) is 5. The molecule has 0 radical (unpaired) electrons. The molecule has 2 aromatic carbocycles. The molecule has 0 saturated heterocycles. The van der Waals surface area contributed by atoms with Crippen LogP contribution in [0.1, 0.15) is 46.8 Å². The number of benzene rings is 2. The molecule has 0 saturated carbocycles. The van der Waals surface area contributed by atoms with Crippen molar-refractivity contribution in [2.24, 2.45) is 5.41 Å². The number of aliphatic carboxylic acids is 1. The summed E-state index contributed by atoms with van der Waals surface area (Å²) in [4.78, 5) is 36.4. The van der Waals surface area contributed by atoms with Gasteiger partial charge in [0.15, 0.2) is 5.78 Å². The Bertz CT molecular complexity index is 1260. The van der Waals surface area contributed by atoms with Gasteiger partial charge >= 0.3 is 5.97 Å². The molecule has 2 unspecified atom stereocenters. The Morgan fingerprint density at radius 2 is 1.89 bits per heavy atom. The van der Waals surface area contributed by atoms with E-state index in [9.17, 15) is 23.9 Å². The number of ketones is 1. The van der Waals surface area contributed by atoms with Gasteiger partial charge in [0.05, 0.1) is 12.0 Å². The number of aromatic amines is 1. The van der Waals surface area contributed by atoms with Crippen LogP contribution in [0, 0.1) is 11.2 Å². The summed E-state index contributed by atoms with van der Waals surface area (Å²) in [7, 11) is 1.41. The second-order valence-corrected chi connectivity index (χ2v) is 9.36. The number of hydrogen-bond donors (Lipinski definition) is 3. The highest BCUT2D eigenvalue weighted by molar-refractivity contribution is 6.30. The lowest BCUT2D eigenvalue weighted by atomic mass is 9.82. The zero-order chi connectivity index (χ0) is 26.5. The van der Waals surface area contributed by atoms with Gasteiger partial charge in [-0.05, 0) is 55.2 Å². The Labute approximate surface area is 212 Å². The highest BCUT2D eigenvalue weighted by Crippen LogP contribution is 2.28. The molecule has 0 fully saturated rings. The van der Waals surface area contributed by atoms with Crippen molar-refractivity contribution in [2.45, 2.75) is 32.7 Å². The lowest BCUT2D eigenvalue weighted by molar-refractivity contribution is -0.152. The summed E-state index contributed by atoms with van der Waals surface area (Å²) in [6.45, 7) is 2.83. The summed E-state index contributed by atoms with van der Waals surface area (Å²) in [5, 5.41) is 19.4. The molecule has 0 aliphatic heterocycles. The van der Waals surface area contributed by atoms with Gasteiger partial charge in [-0.3, -0.25) is 19.5 Å². The molecule has 2 atom stereocenters. The summed E-state index contributed by atoms with van der Waals surface area (Å²) in [5.41, 5.74) is 0.720. The minimum absolute atomic E-state index is 0.0553. The molecule has 36 heavy (non-hydrogen) atoms. The topological polar surface area (TPSA) is 121 Å². The predicted octanol–water partition coefficient (Wildman–Crippen LogP) is 4.54. The molecule has 0 aliphatic rings. The molecular weight excluding hydrogens is 489 g/mol. The van der Waals surface area contributed by atoms with Crippen LogP contribution in [-0.2, 0) is 16.0 Å². The van der Waals surface area contributed by atoms with Crippen LogP contribution >= 0.6 is 11.6 Å². The molecule has 0 bridgehead atoms. The number of ether oxygens (including phenoxy) is 1. The number of aromatic nitrogens is 2. The number of Topliss-reactive ketones (excluding diaryl/α,β-unsaturated/α-hetero) is 1. The molecule has 10 heteroatoms. The van der Waals surface area contributed by atoms with Gasteiger partial charge in [0.1, 0.15) is 17.2 Å². The summed E-state index contributed by atoms with van der Waals surface area (Å²) < 4.78 is 19.4. The first-order valence-corrected chi connectivity index (χ1v) is 11.5. The van der Waals surface area contributed by atoms with Gasteiger partial charge in [0.2, 0.25) is 0 Å². The largest absolute Gasteiger partial charge is 0.481 e. The fraction of sp³-hybridized carbons (Fsp3) is 0.308. The number of H-pyrrole nitrogens is 1. The third-order valence-electron chi connectivity index (χ3n) is 5.87. The van der Waals surface area contributed by atoms with Crippen LogP contribution in [0.2, 0.25) is 5.02 Å². The SMILES string of the molecule is COCC(C)(CC(Cc1ccc(-c2cc(Cl)ccc2F)cc1)NC(=O)c1cc(C(C)=O)n[nH]1)C(=O)O. The Hall–Kier alpha value is -3.56. The lowest BCUT2D eigenvalue weighted by Crippen LogP contribution is -2.44. The molecule has 1 heterocycles. The molecule has 3 aromatic rings. The van der Waals surface area contributed by atoms with Crippen molar-refractivity contribution in [3.05, 3.63) is 76.3 Å². The maximum atomic E-state index is 14.3. The van der Waals surface area contributed by atoms with E-state index in [0.717, 1.165) is 5.56 Å². The smallest absolute Gasteiger partial charge is 0.311 e. The van der Waals surface area contributed by atoms with E-state index < -0.39 is 29.2 Å². The van der Waals surface area contributed by atoms with Crippen molar-refractivity contribution in [3.63, 3.8) is 0 Å². The van der Waals surface area contributed by atoms with Crippen LogP contribution in [0.25, 0.3) is 11.1 Å². The van der Waals surface area contributed by atoms with E-state index in [0.29, 0.717) is 22.6 Å². The van der Waals surface area contributed by atoms with E-state index in [-0.39, 0.29) is 30.2 Å². The number of amides is 1. The highest BCUT2D eigenvalue weighted by atomic mass is 35.5. The van der Waals surface area contributed by atoms with E-state index in [1.807, 2.05) is 0 Å². The summed E-state index contributed by atoms with van der Waals surface area (Å²) in [5.74, 6) is -2.28. The zero-order valence-electron chi connectivity index (χ0n) is 20.1. The van der Waals surface area contributed by atoms with Crippen LogP contribution in [0.3, 0.4) is 0 Å². The first-order chi connectivity index (χ1) is 17.0. The molecule has 3 rings (SSSR count). The molecular formula is C26H27ClFN3O5. The van der Waals surface area contributed by atoms with E-state index in [2.05, 4.69) is 15.5 Å². The average Bonchev–Trinajstić information content (AvgIpc) is 3.32. The number of carbonyl (C=O) groups is 3. The number of carbonyl (C=O) groups excluding carboxylic acids is 2. The van der Waals surface area contributed by atoms with Crippen molar-refractivity contribution in [2.75, 3.05) is 13.7 Å². The minimum atomic E-state index is -1.27. The van der Waals surface area contributed by atoms with Crippen molar-refractivity contribution < 1.29 is 28.6 Å². The molecule has 3 N–H and O–H groups in total. The van der Waals surface area contributed by atoms with Crippen LogP contribution in [0.4, 0.5) is 4.39 Å². The van der Waals surface area contributed by atoms with Gasteiger partial charge < -0.3 is 15.2 Å². The number of carboxylic acid groups (broad SMARTS) is 1. The van der Waals surface area contributed by atoms with Crippen molar-refractivity contribution >= 4 is 29.3 Å². The monoisotopic (exact) mass is 515 g/mol. The van der Waals surface area contributed by atoms with Crippen molar-refractivity contribution in [1.29, 1.82) is 0 Å². The summed E-state index contributed by atoms with van der Waals surface area (Å²) in [6.07, 6.45) is 0.366. The fourth-order valence-electron chi connectivity index (χ4n) is 3.95. The van der Waals surface area contributed by atoms with E-state index in [1.54, 1.807) is 31.2 Å². The third kappa shape index (κ3) is 6.56. The van der Waals surface area contributed by atoms with Gasteiger partial charge in [0, 0.05) is 30.7 Å². The first-order valence-electron chi connectivity index (χ1n) is 11.2. The number of halogens is 2. The lowest BCUT2D eigenvalue weighted by Gasteiger charge is -2.29. The van der Waals surface area contributed by atoms with Crippen LogP contribution < -0.4 is 5.32 Å². The number of nitrogens with one attached hydrogen (secondary N) is 2. The quantitative estimate of drug-likeness (QED) is 0.322. The van der Waals surface area contributed by atoms with Gasteiger partial charge in [-0.15, -0.1) is 0 Å². The average molecular weight is 516 g/mol. The zero-order valence-corrected chi connectivity index (χ0v) is 20.9. The van der Waals surface area contributed by atoms with Crippen molar-refractivity contribution in [3.8, 4) is 11.1 Å². The van der Waals surface area contributed by atoms with Crippen molar-refractivity contribution in [1.82, 2.24) is 15.5 Å². The van der Waals surface area contributed by atoms with Gasteiger partial charge in [-0.2, -0.15) is 5.10 Å². The van der Waals surface area contributed by atoms with Crippen LogP contribution in [0.5, 0.6) is 0 Å². The molecule has 0 spiro atoms. The molecule has 1 amide bonds. The maximum absolute atomic E-state index is 14.3. The van der Waals surface area contributed by atoms with Gasteiger partial charge in [0.25, 0.3) is 5.91 Å².